The van der Waals surface area contributed by atoms with E-state index >= 15 is 0 Å². The van der Waals surface area contributed by atoms with Gasteiger partial charge in [-0.15, -0.1) is 0 Å². The average molecular weight is 1250 g/mol. The zero-order chi connectivity index (χ0) is 62.9. The quantitative estimate of drug-likeness (QED) is 0.0340. The maximum absolute atomic E-state index is 13.1. The number of unbranched alkanes of at least 4 members (excludes halogenated alkanes) is 2. The van der Waals surface area contributed by atoms with Crippen LogP contribution in [0.4, 0.5) is 0 Å². The van der Waals surface area contributed by atoms with Gasteiger partial charge in [-0.1, -0.05) is 0 Å². The van der Waals surface area contributed by atoms with Crippen molar-refractivity contribution in [2.24, 2.45) is 5.73 Å². The summed E-state index contributed by atoms with van der Waals surface area (Å²) in [7, 11) is 0. The Kier molecular flexibility index (Phi) is 26.6. The van der Waals surface area contributed by atoms with Crippen LogP contribution in [0.15, 0.2) is 0 Å². The molecule has 0 radical (unpaired) electrons. The minimum Gasteiger partial charge on any atom is -0.477 e. The molecule has 6 rings (SSSR count). The summed E-state index contributed by atoms with van der Waals surface area (Å²) >= 11 is 0. The number of carboxylic acids is 1. The normalized spacial score (nSPS) is 45.1. The van der Waals surface area contributed by atoms with E-state index in [1.807, 2.05) is 0 Å². The van der Waals surface area contributed by atoms with Crippen LogP contribution in [0.25, 0.3) is 0 Å². The van der Waals surface area contributed by atoms with E-state index in [1.54, 1.807) is 0 Å². The SMILES string of the molecule is CC(=O)N[C@H]1C(O[C@@H]2OC(CO)[C@H](O)C(O[C@]3(C(=O)O)C[C@@H](O)[C@@H](NC(C)=O)C([C@H](O)[C@H](O)CO)O3)[C@@H]2O)[C@@H](O)C(CO)O[C@H]1O[C@@H]1C(O)[C@@H](O[C@H]2C(CO)O[C@@H](O[C@@H]3C(CO)O[C@@H](OCCCCCN)[C@@H](O)C3O)[C@@H](O)C2O)OC(CO)[C@@H]1O. The van der Waals surface area contributed by atoms with Crippen molar-refractivity contribution in [2.75, 3.05) is 52.8 Å². The minimum absolute atomic E-state index is 0.0883. The van der Waals surface area contributed by atoms with Crippen molar-refractivity contribution in [3.05, 3.63) is 0 Å². The van der Waals surface area contributed by atoms with Crippen molar-refractivity contribution < 1.29 is 168 Å². The summed E-state index contributed by atoms with van der Waals surface area (Å²) in [4.78, 5) is 38.1. The molecule has 2 amide bonds. The number of rotatable bonds is 27. The molecule has 85 heavy (non-hydrogen) atoms. The van der Waals surface area contributed by atoms with Crippen LogP contribution in [-0.2, 0) is 71.2 Å². The van der Waals surface area contributed by atoms with Gasteiger partial charge in [0.1, 0.15) is 140 Å². The number of nitrogens with two attached hydrogens (primary N) is 1. The largest absolute Gasteiger partial charge is 0.477 e. The molecule has 494 valence electrons. The molecule has 37 heteroatoms. The van der Waals surface area contributed by atoms with Crippen molar-refractivity contribution >= 4 is 17.8 Å². The van der Waals surface area contributed by atoms with Crippen LogP contribution in [0, 0.1) is 0 Å². The Labute approximate surface area is 483 Å². The Morgan fingerprint density at radius 3 is 1.44 bits per heavy atom. The lowest BCUT2D eigenvalue weighted by Crippen LogP contribution is -2.71. The smallest absolute Gasteiger partial charge is 0.364 e. The summed E-state index contributed by atoms with van der Waals surface area (Å²) in [5, 5.41) is 212. The summed E-state index contributed by atoms with van der Waals surface area (Å²) in [6, 6.07) is -3.60. The van der Waals surface area contributed by atoms with E-state index < -0.39 is 254 Å². The van der Waals surface area contributed by atoms with Crippen LogP contribution >= 0.6 is 0 Å². The van der Waals surface area contributed by atoms with Crippen molar-refractivity contribution in [1.29, 1.82) is 0 Å². The summed E-state index contributed by atoms with van der Waals surface area (Å²) < 4.78 is 69.0. The number of amides is 2. The molecule has 11 unspecified atom stereocenters. The third-order valence-electron chi connectivity index (χ3n) is 15.3. The van der Waals surface area contributed by atoms with Crippen LogP contribution in [0.2, 0.25) is 0 Å². The molecule has 0 aromatic rings. The van der Waals surface area contributed by atoms with Gasteiger partial charge in [-0.05, 0) is 25.8 Å². The molecule has 23 N–H and O–H groups in total. The first-order valence-electron chi connectivity index (χ1n) is 27.4. The predicted molar refractivity (Wildman–Crippen MR) is 266 cm³/mol. The fourth-order valence-corrected chi connectivity index (χ4v) is 10.8. The highest BCUT2D eigenvalue weighted by Crippen LogP contribution is 2.40. The van der Waals surface area contributed by atoms with E-state index in [-0.39, 0.29) is 6.61 Å². The number of aliphatic hydroxyl groups excluding tert-OH is 18. The monoisotopic (exact) mass is 1250 g/mol. The van der Waals surface area contributed by atoms with Gasteiger partial charge in [0.15, 0.2) is 31.5 Å². The molecule has 6 saturated heterocycles. The van der Waals surface area contributed by atoms with Crippen LogP contribution in [0.3, 0.4) is 0 Å². The second-order valence-electron chi connectivity index (χ2n) is 21.4. The standard InChI is InChI=1S/C48H83N3O34/c1-15(58)50-24-17(60)8-48(47(72)73,84-39(24)26(62)18(61)9-52)85-41-29(65)21(12-55)77-46(35(41)71)82-38-25(51-16(2)59)42(75-19(10-53)27(38)63)83-40-28(64)20(11-54)76-45(34(40)70)81-37-23(14-57)79-44(33(69)31(37)67)80-36-22(13-56)78-43(32(68)30(36)66)74-7-5-3-4-6-49/h17-46,52-57,60-71H,3-14,49H2,1-2H3,(H,50,58)(H,51,59)(H,72,73)/t17-,18-,19?,20?,21?,22?,23?,24-,25+,26-,27+,28+,29+,30?,31?,32+,33+,34?,35+,36-,37+,38?,39?,40+,41?,42+,43-,44+,45-,46+,48+/m1/s1. The van der Waals surface area contributed by atoms with Gasteiger partial charge >= 0.3 is 5.97 Å². The van der Waals surface area contributed by atoms with E-state index in [2.05, 4.69) is 10.6 Å². The Bertz CT molecular complexity index is 2080. The molecule has 0 aromatic heterocycles. The molecule has 6 heterocycles. The number of aliphatic hydroxyl groups is 18. The van der Waals surface area contributed by atoms with Gasteiger partial charge in [-0.3, -0.25) is 9.59 Å². The molecular formula is C48H83N3O34. The summed E-state index contributed by atoms with van der Waals surface area (Å²) in [5.74, 6) is -7.10. The van der Waals surface area contributed by atoms with E-state index in [4.69, 9.17) is 62.6 Å². The first-order valence-corrected chi connectivity index (χ1v) is 27.4. The Balaban J connectivity index is 1.22. The van der Waals surface area contributed by atoms with E-state index in [0.29, 0.717) is 25.8 Å². The predicted octanol–water partition coefficient (Wildman–Crippen LogP) is -13.5. The Morgan fingerprint density at radius 1 is 0.518 bits per heavy atom. The lowest BCUT2D eigenvalue weighted by molar-refractivity contribution is -0.392. The second-order valence-corrected chi connectivity index (χ2v) is 21.4. The maximum atomic E-state index is 13.1. The number of hydrogen-bond donors (Lipinski definition) is 22. The van der Waals surface area contributed by atoms with Crippen molar-refractivity contribution in [2.45, 2.75) is 229 Å². The third kappa shape index (κ3) is 16.2. The van der Waals surface area contributed by atoms with Crippen LogP contribution in [0.5, 0.6) is 0 Å². The number of carbonyl (C=O) groups excluding carboxylic acids is 2. The molecular weight excluding hydrogens is 1160 g/mol. The lowest BCUT2D eigenvalue weighted by atomic mass is 9.88. The fourth-order valence-electron chi connectivity index (χ4n) is 10.8. The van der Waals surface area contributed by atoms with Gasteiger partial charge in [0.05, 0.1) is 51.8 Å². The molecule has 6 fully saturated rings. The average Bonchev–Trinajstić information content (AvgIpc) is 1.37. The zero-order valence-corrected chi connectivity index (χ0v) is 46.0. The van der Waals surface area contributed by atoms with E-state index in [1.165, 1.54) is 0 Å². The topological polar surface area (TPSA) is 596 Å². The highest BCUT2D eigenvalue weighted by molar-refractivity contribution is 5.76. The van der Waals surface area contributed by atoms with Crippen molar-refractivity contribution in [3.63, 3.8) is 0 Å². The van der Waals surface area contributed by atoms with Crippen LogP contribution in [0.1, 0.15) is 39.5 Å². The van der Waals surface area contributed by atoms with Gasteiger partial charge in [-0.25, -0.2) is 4.79 Å². The lowest BCUT2D eigenvalue weighted by Gasteiger charge is -2.51. The Morgan fingerprint density at radius 2 is 0.941 bits per heavy atom. The summed E-state index contributed by atoms with van der Waals surface area (Å²) in [6.07, 6.45) is -55.5. The van der Waals surface area contributed by atoms with E-state index in [0.717, 1.165) is 13.8 Å². The van der Waals surface area contributed by atoms with Gasteiger partial charge in [0.25, 0.3) is 5.79 Å². The first kappa shape index (κ1) is 71.2. The third-order valence-corrected chi connectivity index (χ3v) is 15.3. The maximum Gasteiger partial charge on any atom is 0.364 e. The number of nitrogens with one attached hydrogen (secondary N) is 2. The van der Waals surface area contributed by atoms with Crippen LogP contribution in [-0.4, -0.2) is 357 Å². The minimum atomic E-state index is -3.23. The number of carboxylic acid groups (broad SMARTS) is 1. The number of carbonyl (C=O) groups is 3. The second kappa shape index (κ2) is 31.8. The number of hydrogen-bond acceptors (Lipinski definition) is 34. The van der Waals surface area contributed by atoms with Gasteiger partial charge in [0.2, 0.25) is 11.8 Å². The summed E-state index contributed by atoms with van der Waals surface area (Å²) in [6.45, 7) is -3.88. The molecule has 0 aromatic carbocycles. The molecule has 6 aliphatic heterocycles. The van der Waals surface area contributed by atoms with Crippen molar-refractivity contribution in [3.8, 4) is 0 Å². The van der Waals surface area contributed by atoms with Gasteiger partial charge in [-0.2, -0.15) is 0 Å². The number of ether oxygens (including phenoxy) is 12. The molecule has 0 aliphatic carbocycles. The molecule has 6 aliphatic rings. The molecule has 0 bridgehead atoms. The number of aliphatic carboxylic acids is 1. The highest BCUT2D eigenvalue weighted by Gasteiger charge is 2.62. The Hall–Kier alpha value is -2.83. The van der Waals surface area contributed by atoms with Crippen LogP contribution < -0.4 is 16.4 Å². The zero-order valence-electron chi connectivity index (χ0n) is 46.0. The van der Waals surface area contributed by atoms with Gasteiger partial charge < -0.3 is 170 Å². The van der Waals surface area contributed by atoms with Crippen molar-refractivity contribution in [1.82, 2.24) is 10.6 Å². The summed E-state index contributed by atoms with van der Waals surface area (Å²) in [5.41, 5.74) is 5.51. The first-order chi connectivity index (χ1) is 40.3. The molecule has 37 nitrogen and oxygen atoms in total. The van der Waals surface area contributed by atoms with Gasteiger partial charge in [0, 0.05) is 26.9 Å². The highest BCUT2D eigenvalue weighted by atomic mass is 16.8. The molecule has 0 spiro atoms. The molecule has 31 atom stereocenters. The fraction of sp³-hybridized carbons (Fsp3) is 0.938. The molecule has 0 saturated carbocycles. The van der Waals surface area contributed by atoms with E-state index in [9.17, 15) is 111 Å².